The number of nitrogens with one attached hydrogen (secondary N) is 1. The third-order valence-electron chi connectivity index (χ3n) is 4.33. The van der Waals surface area contributed by atoms with Gasteiger partial charge in [-0.15, -0.1) is 11.3 Å². The third kappa shape index (κ3) is 3.13. The van der Waals surface area contributed by atoms with Gasteiger partial charge in [-0.1, -0.05) is 42.5 Å². The van der Waals surface area contributed by atoms with Gasteiger partial charge in [0, 0.05) is 15.8 Å². The molecule has 2 aromatic carbocycles. The van der Waals surface area contributed by atoms with Crippen molar-refractivity contribution in [1.29, 1.82) is 0 Å². The van der Waals surface area contributed by atoms with E-state index < -0.39 is 0 Å². The first kappa shape index (κ1) is 16.5. The molecule has 0 fully saturated rings. The molecule has 0 aliphatic rings. The number of hydrogen-bond donors (Lipinski definition) is 1. The standard InChI is InChI=1S/C21H18N2O2S/c1-13-7-3-5-9-16(13)21-23-14(2)19(26-21)12-22-20(24)18-11-15-8-4-6-10-17(15)25-18/h3-11H,12H2,1-2H3,(H,22,24). The van der Waals surface area contributed by atoms with Gasteiger partial charge in [0.05, 0.1) is 12.2 Å². The number of para-hydroxylation sites is 1. The Bertz CT molecular complexity index is 1060. The molecule has 0 atom stereocenters. The first-order chi connectivity index (χ1) is 12.6. The molecule has 0 bridgehead atoms. The smallest absolute Gasteiger partial charge is 0.287 e. The molecule has 0 aliphatic heterocycles. The predicted octanol–water partition coefficient (Wildman–Crippen LogP) is 5.10. The van der Waals surface area contributed by atoms with Crippen molar-refractivity contribution in [2.24, 2.45) is 0 Å². The number of amides is 1. The van der Waals surface area contributed by atoms with Crippen LogP contribution in [0.5, 0.6) is 0 Å². The summed E-state index contributed by atoms with van der Waals surface area (Å²) in [6.45, 7) is 4.49. The van der Waals surface area contributed by atoms with Gasteiger partial charge in [-0.2, -0.15) is 0 Å². The number of nitrogens with zero attached hydrogens (tertiary/aromatic N) is 1. The molecule has 0 unspecified atom stereocenters. The Morgan fingerprint density at radius 1 is 1.12 bits per heavy atom. The summed E-state index contributed by atoms with van der Waals surface area (Å²) < 4.78 is 5.61. The van der Waals surface area contributed by atoms with Crippen molar-refractivity contribution in [1.82, 2.24) is 10.3 Å². The van der Waals surface area contributed by atoms with Crippen LogP contribution in [0, 0.1) is 13.8 Å². The second-order valence-corrected chi connectivity index (χ2v) is 7.26. The van der Waals surface area contributed by atoms with Crippen molar-refractivity contribution >= 4 is 28.2 Å². The van der Waals surface area contributed by atoms with Gasteiger partial charge in [-0.05, 0) is 31.5 Å². The molecule has 2 heterocycles. The molecule has 130 valence electrons. The molecule has 4 aromatic rings. The number of furan rings is 1. The van der Waals surface area contributed by atoms with Crippen LogP contribution in [0.1, 0.15) is 26.7 Å². The number of fused-ring (bicyclic) bond motifs is 1. The van der Waals surface area contributed by atoms with E-state index in [4.69, 9.17) is 4.42 Å². The van der Waals surface area contributed by atoms with Gasteiger partial charge in [0.25, 0.3) is 5.91 Å². The quantitative estimate of drug-likeness (QED) is 0.549. The van der Waals surface area contributed by atoms with Crippen LogP contribution >= 0.6 is 11.3 Å². The fraction of sp³-hybridized carbons (Fsp3) is 0.143. The van der Waals surface area contributed by atoms with Gasteiger partial charge in [0.1, 0.15) is 10.6 Å². The van der Waals surface area contributed by atoms with Crippen LogP contribution in [0.3, 0.4) is 0 Å². The number of hydrogen-bond acceptors (Lipinski definition) is 4. The molecule has 1 amide bonds. The molecule has 0 aliphatic carbocycles. The Hall–Kier alpha value is -2.92. The molecule has 1 N–H and O–H groups in total. The summed E-state index contributed by atoms with van der Waals surface area (Å²) in [6.07, 6.45) is 0. The molecule has 5 heteroatoms. The van der Waals surface area contributed by atoms with Crippen LogP contribution < -0.4 is 5.32 Å². The molecule has 0 saturated heterocycles. The Labute approximate surface area is 155 Å². The predicted molar refractivity (Wildman–Crippen MR) is 104 cm³/mol. The highest BCUT2D eigenvalue weighted by atomic mass is 32.1. The van der Waals surface area contributed by atoms with Crippen molar-refractivity contribution in [3.05, 3.63) is 76.5 Å². The molecular weight excluding hydrogens is 344 g/mol. The van der Waals surface area contributed by atoms with E-state index in [-0.39, 0.29) is 5.91 Å². The van der Waals surface area contributed by atoms with E-state index in [1.54, 1.807) is 17.4 Å². The van der Waals surface area contributed by atoms with Crippen LogP contribution in [-0.4, -0.2) is 10.9 Å². The van der Waals surface area contributed by atoms with Crippen molar-refractivity contribution in [3.63, 3.8) is 0 Å². The summed E-state index contributed by atoms with van der Waals surface area (Å²) in [5.74, 6) is 0.110. The highest BCUT2D eigenvalue weighted by Crippen LogP contribution is 2.30. The zero-order valence-corrected chi connectivity index (χ0v) is 15.4. The van der Waals surface area contributed by atoms with Crippen LogP contribution in [0.4, 0.5) is 0 Å². The van der Waals surface area contributed by atoms with E-state index in [0.29, 0.717) is 17.9 Å². The van der Waals surface area contributed by atoms with Gasteiger partial charge in [0.15, 0.2) is 5.76 Å². The van der Waals surface area contributed by atoms with Gasteiger partial charge < -0.3 is 9.73 Å². The highest BCUT2D eigenvalue weighted by Gasteiger charge is 2.15. The minimum absolute atomic E-state index is 0.216. The fourth-order valence-corrected chi connectivity index (χ4v) is 3.95. The highest BCUT2D eigenvalue weighted by molar-refractivity contribution is 7.15. The number of aryl methyl sites for hydroxylation is 2. The molecule has 0 spiro atoms. The van der Waals surface area contributed by atoms with E-state index in [1.165, 1.54) is 5.56 Å². The third-order valence-corrected chi connectivity index (χ3v) is 5.52. The number of thiazole rings is 1. The Morgan fingerprint density at radius 2 is 1.88 bits per heavy atom. The maximum Gasteiger partial charge on any atom is 0.287 e. The zero-order valence-electron chi connectivity index (χ0n) is 14.6. The summed E-state index contributed by atoms with van der Waals surface area (Å²) in [4.78, 5) is 18.1. The topological polar surface area (TPSA) is 55.1 Å². The number of benzene rings is 2. The maximum absolute atomic E-state index is 12.4. The van der Waals surface area contributed by atoms with Crippen molar-refractivity contribution in [3.8, 4) is 10.6 Å². The summed E-state index contributed by atoms with van der Waals surface area (Å²) in [7, 11) is 0. The van der Waals surface area contributed by atoms with Crippen LogP contribution in [0.2, 0.25) is 0 Å². The van der Waals surface area contributed by atoms with Gasteiger partial charge in [0.2, 0.25) is 0 Å². The lowest BCUT2D eigenvalue weighted by molar-refractivity contribution is 0.0925. The molecule has 26 heavy (non-hydrogen) atoms. The number of carbonyl (C=O) groups excluding carboxylic acids is 1. The Morgan fingerprint density at radius 3 is 2.69 bits per heavy atom. The van der Waals surface area contributed by atoms with E-state index in [2.05, 4.69) is 29.4 Å². The average Bonchev–Trinajstić information content (AvgIpc) is 3.23. The van der Waals surface area contributed by atoms with E-state index in [1.807, 2.05) is 43.3 Å². The molecule has 4 nitrogen and oxygen atoms in total. The van der Waals surface area contributed by atoms with Crippen molar-refractivity contribution in [2.45, 2.75) is 20.4 Å². The molecule has 4 rings (SSSR count). The van der Waals surface area contributed by atoms with Crippen molar-refractivity contribution in [2.75, 3.05) is 0 Å². The van der Waals surface area contributed by atoms with Gasteiger partial charge in [-0.25, -0.2) is 4.98 Å². The van der Waals surface area contributed by atoms with Crippen molar-refractivity contribution < 1.29 is 9.21 Å². The number of rotatable bonds is 4. The normalized spacial score (nSPS) is 11.0. The summed E-state index contributed by atoms with van der Waals surface area (Å²) in [6, 6.07) is 17.6. The largest absolute Gasteiger partial charge is 0.451 e. The van der Waals surface area contributed by atoms with Crippen LogP contribution in [0.25, 0.3) is 21.5 Å². The second kappa shape index (κ2) is 6.77. The van der Waals surface area contributed by atoms with Gasteiger partial charge in [-0.3, -0.25) is 4.79 Å². The summed E-state index contributed by atoms with van der Waals surface area (Å²) in [5, 5.41) is 4.84. The zero-order chi connectivity index (χ0) is 18.1. The maximum atomic E-state index is 12.4. The van der Waals surface area contributed by atoms with Crippen LogP contribution in [-0.2, 0) is 6.54 Å². The van der Waals surface area contributed by atoms with E-state index >= 15 is 0 Å². The summed E-state index contributed by atoms with van der Waals surface area (Å²) >= 11 is 1.61. The fourth-order valence-electron chi connectivity index (χ4n) is 2.86. The van der Waals surface area contributed by atoms with E-state index in [0.717, 1.165) is 26.5 Å². The minimum atomic E-state index is -0.216. The summed E-state index contributed by atoms with van der Waals surface area (Å²) in [5.41, 5.74) is 3.99. The van der Waals surface area contributed by atoms with Crippen LogP contribution in [0.15, 0.2) is 59.0 Å². The second-order valence-electron chi connectivity index (χ2n) is 6.17. The molecule has 2 aromatic heterocycles. The lowest BCUT2D eigenvalue weighted by Gasteiger charge is -2.01. The number of aromatic nitrogens is 1. The molecule has 0 radical (unpaired) electrons. The lowest BCUT2D eigenvalue weighted by Crippen LogP contribution is -2.22. The SMILES string of the molecule is Cc1ccccc1-c1nc(C)c(CNC(=O)c2cc3ccccc3o2)s1. The Balaban J connectivity index is 1.51. The number of carbonyl (C=O) groups is 1. The Kier molecular flexibility index (Phi) is 4.31. The van der Waals surface area contributed by atoms with E-state index in [9.17, 15) is 4.79 Å². The molecule has 0 saturated carbocycles. The van der Waals surface area contributed by atoms with Gasteiger partial charge >= 0.3 is 0 Å². The molecular formula is C21H18N2O2S. The first-order valence-corrected chi connectivity index (χ1v) is 9.22. The lowest BCUT2D eigenvalue weighted by atomic mass is 10.1. The minimum Gasteiger partial charge on any atom is -0.451 e. The monoisotopic (exact) mass is 362 g/mol. The average molecular weight is 362 g/mol. The first-order valence-electron chi connectivity index (χ1n) is 8.41.